The van der Waals surface area contributed by atoms with E-state index in [9.17, 15) is 4.79 Å². The summed E-state index contributed by atoms with van der Waals surface area (Å²) in [4.78, 5) is 15.1. The number of benzene rings is 2. The largest absolute Gasteiger partial charge is 0.497 e. The molecule has 3 rings (SSSR count). The van der Waals surface area contributed by atoms with Gasteiger partial charge in [-0.15, -0.1) is 11.3 Å². The molecule has 0 aliphatic rings. The van der Waals surface area contributed by atoms with E-state index >= 15 is 0 Å². The average Bonchev–Trinajstić information content (AvgIpc) is 3.02. The van der Waals surface area contributed by atoms with E-state index in [1.54, 1.807) is 12.0 Å². The molecule has 0 saturated heterocycles. The van der Waals surface area contributed by atoms with Crippen molar-refractivity contribution in [1.29, 1.82) is 0 Å². The zero-order valence-corrected chi connectivity index (χ0v) is 14.1. The lowest BCUT2D eigenvalue weighted by Crippen LogP contribution is -2.28. The summed E-state index contributed by atoms with van der Waals surface area (Å²) in [5.41, 5.74) is 1.24. The molecule has 0 unspecified atom stereocenters. The highest BCUT2D eigenvalue weighted by Crippen LogP contribution is 2.29. The van der Waals surface area contributed by atoms with E-state index in [2.05, 4.69) is 12.1 Å². The third-order valence-electron chi connectivity index (χ3n) is 3.86. The first-order valence-electron chi connectivity index (χ1n) is 7.54. The van der Waals surface area contributed by atoms with Crippen LogP contribution in [0.5, 0.6) is 5.75 Å². The van der Waals surface area contributed by atoms with Gasteiger partial charge in [-0.1, -0.05) is 30.3 Å². The van der Waals surface area contributed by atoms with E-state index < -0.39 is 0 Å². The number of hydrogen-bond donors (Lipinski definition) is 0. The van der Waals surface area contributed by atoms with Crippen molar-refractivity contribution in [2.75, 3.05) is 20.7 Å². The van der Waals surface area contributed by atoms with Crippen molar-refractivity contribution in [2.24, 2.45) is 0 Å². The molecule has 0 fully saturated rings. The predicted octanol–water partition coefficient (Wildman–Crippen LogP) is 4.22. The number of methoxy groups -OCH3 is 1. The summed E-state index contributed by atoms with van der Waals surface area (Å²) < 4.78 is 6.34. The quantitative estimate of drug-likeness (QED) is 0.703. The van der Waals surface area contributed by atoms with Gasteiger partial charge in [0, 0.05) is 18.3 Å². The number of amides is 1. The van der Waals surface area contributed by atoms with Crippen molar-refractivity contribution in [2.45, 2.75) is 6.42 Å². The number of likely N-dealkylation sites (N-methyl/N-ethyl adjacent to an activating group) is 1. The summed E-state index contributed by atoms with van der Waals surface area (Å²) in [5.74, 6) is 0.882. The van der Waals surface area contributed by atoms with Crippen molar-refractivity contribution >= 4 is 27.3 Å². The molecule has 0 radical (unpaired) electrons. The summed E-state index contributed by atoms with van der Waals surface area (Å²) in [6, 6.07) is 18.1. The van der Waals surface area contributed by atoms with Gasteiger partial charge in [-0.3, -0.25) is 4.79 Å². The van der Waals surface area contributed by atoms with Crippen LogP contribution in [-0.4, -0.2) is 31.5 Å². The standard InChI is InChI=1S/C19H19NO2S/c1-20(11-10-14-6-4-3-5-7-14)19(21)18-13-15-12-16(22-2)8-9-17(15)23-18/h3-9,12-13H,10-11H2,1-2H3. The zero-order chi connectivity index (χ0) is 16.2. The highest BCUT2D eigenvalue weighted by atomic mass is 32.1. The van der Waals surface area contributed by atoms with Crippen LogP contribution < -0.4 is 4.74 Å². The second kappa shape index (κ2) is 6.84. The van der Waals surface area contributed by atoms with Crippen LogP contribution in [0.4, 0.5) is 0 Å². The summed E-state index contributed by atoms with van der Waals surface area (Å²) in [6.07, 6.45) is 0.863. The fourth-order valence-corrected chi connectivity index (χ4v) is 3.52. The van der Waals surface area contributed by atoms with Gasteiger partial charge in [-0.25, -0.2) is 0 Å². The minimum atomic E-state index is 0.0705. The van der Waals surface area contributed by atoms with Crippen LogP contribution in [-0.2, 0) is 6.42 Å². The summed E-state index contributed by atoms with van der Waals surface area (Å²) >= 11 is 1.53. The van der Waals surface area contributed by atoms with Gasteiger partial charge in [0.1, 0.15) is 5.75 Å². The van der Waals surface area contributed by atoms with E-state index in [1.807, 2.05) is 49.5 Å². The highest BCUT2D eigenvalue weighted by molar-refractivity contribution is 7.20. The second-order valence-corrected chi connectivity index (χ2v) is 6.56. The van der Waals surface area contributed by atoms with Gasteiger partial charge >= 0.3 is 0 Å². The fourth-order valence-electron chi connectivity index (χ4n) is 2.48. The second-order valence-electron chi connectivity index (χ2n) is 5.48. The third-order valence-corrected chi connectivity index (χ3v) is 4.96. The maximum absolute atomic E-state index is 12.6. The van der Waals surface area contributed by atoms with Gasteiger partial charge in [-0.05, 0) is 41.6 Å². The maximum atomic E-state index is 12.6. The molecular weight excluding hydrogens is 306 g/mol. The first-order valence-corrected chi connectivity index (χ1v) is 8.36. The average molecular weight is 325 g/mol. The predicted molar refractivity (Wildman–Crippen MR) is 95.5 cm³/mol. The Bertz CT molecular complexity index is 811. The molecule has 3 aromatic rings. The van der Waals surface area contributed by atoms with Gasteiger partial charge < -0.3 is 9.64 Å². The van der Waals surface area contributed by atoms with Crippen molar-refractivity contribution in [3.8, 4) is 5.75 Å². The van der Waals surface area contributed by atoms with Crippen LogP contribution in [0.1, 0.15) is 15.2 Å². The van der Waals surface area contributed by atoms with Crippen LogP contribution >= 0.6 is 11.3 Å². The molecule has 0 bridgehead atoms. The van der Waals surface area contributed by atoms with Gasteiger partial charge in [0.05, 0.1) is 12.0 Å². The maximum Gasteiger partial charge on any atom is 0.263 e. The molecule has 1 aromatic heterocycles. The van der Waals surface area contributed by atoms with Gasteiger partial charge in [0.25, 0.3) is 5.91 Å². The molecule has 3 nitrogen and oxygen atoms in total. The van der Waals surface area contributed by atoms with E-state index in [0.29, 0.717) is 6.54 Å². The fraction of sp³-hybridized carbons (Fsp3) is 0.211. The number of thiophene rings is 1. The van der Waals surface area contributed by atoms with Gasteiger partial charge in [0.15, 0.2) is 0 Å². The normalized spacial score (nSPS) is 10.7. The number of rotatable bonds is 5. The van der Waals surface area contributed by atoms with Crippen LogP contribution in [0.15, 0.2) is 54.6 Å². The number of hydrogen-bond acceptors (Lipinski definition) is 3. The summed E-state index contributed by atoms with van der Waals surface area (Å²) in [7, 11) is 3.51. The first kappa shape index (κ1) is 15.6. The van der Waals surface area contributed by atoms with E-state index in [0.717, 1.165) is 27.1 Å². The van der Waals surface area contributed by atoms with E-state index in [4.69, 9.17) is 4.74 Å². The van der Waals surface area contributed by atoms with Gasteiger partial charge in [-0.2, -0.15) is 0 Å². The molecule has 118 valence electrons. The minimum Gasteiger partial charge on any atom is -0.497 e. The molecule has 0 aliphatic heterocycles. The lowest BCUT2D eigenvalue weighted by atomic mass is 10.1. The minimum absolute atomic E-state index is 0.0705. The monoisotopic (exact) mass is 325 g/mol. The molecule has 0 N–H and O–H groups in total. The lowest BCUT2D eigenvalue weighted by molar-refractivity contribution is 0.0801. The molecule has 1 heterocycles. The van der Waals surface area contributed by atoms with Crippen LogP contribution in [0.3, 0.4) is 0 Å². The Kier molecular flexibility index (Phi) is 4.63. The molecule has 1 amide bonds. The topological polar surface area (TPSA) is 29.5 Å². The Morgan fingerprint density at radius 2 is 1.91 bits per heavy atom. The molecular formula is C19H19NO2S. The van der Waals surface area contributed by atoms with Gasteiger partial charge in [0.2, 0.25) is 0 Å². The Hall–Kier alpha value is -2.33. The summed E-state index contributed by atoms with van der Waals surface area (Å²) in [6.45, 7) is 0.709. The SMILES string of the molecule is COc1ccc2sc(C(=O)N(C)CCc3ccccc3)cc2c1. The number of carbonyl (C=O) groups excluding carboxylic acids is 1. The van der Waals surface area contributed by atoms with Crippen molar-refractivity contribution in [3.05, 3.63) is 65.0 Å². The highest BCUT2D eigenvalue weighted by Gasteiger charge is 2.15. The molecule has 2 aromatic carbocycles. The molecule has 0 saturated carbocycles. The Balaban J connectivity index is 1.71. The zero-order valence-electron chi connectivity index (χ0n) is 13.3. The van der Waals surface area contributed by atoms with E-state index in [1.165, 1.54) is 16.9 Å². The Labute approximate surface area is 140 Å². The molecule has 4 heteroatoms. The number of ether oxygens (including phenoxy) is 1. The van der Waals surface area contributed by atoms with Crippen molar-refractivity contribution in [1.82, 2.24) is 4.90 Å². The number of carbonyl (C=O) groups is 1. The Morgan fingerprint density at radius 1 is 1.13 bits per heavy atom. The number of nitrogens with zero attached hydrogens (tertiary/aromatic N) is 1. The third kappa shape index (κ3) is 3.54. The number of fused-ring (bicyclic) bond motifs is 1. The lowest BCUT2D eigenvalue weighted by Gasteiger charge is -2.16. The van der Waals surface area contributed by atoms with Crippen molar-refractivity contribution < 1.29 is 9.53 Å². The molecule has 0 aliphatic carbocycles. The van der Waals surface area contributed by atoms with Crippen LogP contribution in [0.25, 0.3) is 10.1 Å². The molecule has 0 atom stereocenters. The van der Waals surface area contributed by atoms with Crippen LogP contribution in [0, 0.1) is 0 Å². The Morgan fingerprint density at radius 3 is 2.65 bits per heavy atom. The van der Waals surface area contributed by atoms with E-state index in [-0.39, 0.29) is 5.91 Å². The first-order chi connectivity index (χ1) is 11.2. The molecule has 23 heavy (non-hydrogen) atoms. The molecule has 0 spiro atoms. The van der Waals surface area contributed by atoms with Crippen LogP contribution in [0.2, 0.25) is 0 Å². The van der Waals surface area contributed by atoms with Crippen molar-refractivity contribution in [3.63, 3.8) is 0 Å². The summed E-state index contributed by atoms with van der Waals surface area (Å²) in [5, 5.41) is 1.05. The smallest absolute Gasteiger partial charge is 0.263 e.